The number of nitrogens with zero attached hydrogens (tertiary/aromatic N) is 1. The SMILES string of the molecule is CC[C@@H](C)NC(=O)COC(=O)c1cc2cc([N+](=O)[O-])ccc2s1. The number of carbonyl (C=O) groups is 2. The molecule has 0 saturated heterocycles. The zero-order chi connectivity index (χ0) is 17.0. The van der Waals surface area contributed by atoms with E-state index in [0.717, 1.165) is 11.1 Å². The van der Waals surface area contributed by atoms with Crippen LogP contribution in [-0.2, 0) is 9.53 Å². The van der Waals surface area contributed by atoms with Crippen LogP contribution in [0.2, 0.25) is 0 Å². The molecule has 1 atom stereocenters. The van der Waals surface area contributed by atoms with Crippen molar-refractivity contribution in [1.29, 1.82) is 0 Å². The minimum Gasteiger partial charge on any atom is -0.451 e. The Morgan fingerprint density at radius 3 is 2.78 bits per heavy atom. The molecule has 1 heterocycles. The van der Waals surface area contributed by atoms with E-state index in [9.17, 15) is 19.7 Å². The summed E-state index contributed by atoms with van der Waals surface area (Å²) in [4.78, 5) is 34.1. The smallest absolute Gasteiger partial charge is 0.348 e. The maximum absolute atomic E-state index is 12.0. The zero-order valence-corrected chi connectivity index (χ0v) is 13.5. The van der Waals surface area contributed by atoms with Gasteiger partial charge in [0.15, 0.2) is 6.61 Å². The van der Waals surface area contributed by atoms with E-state index < -0.39 is 10.9 Å². The van der Waals surface area contributed by atoms with E-state index in [-0.39, 0.29) is 24.2 Å². The Morgan fingerprint density at radius 1 is 1.39 bits per heavy atom. The van der Waals surface area contributed by atoms with E-state index in [0.29, 0.717) is 10.3 Å². The number of nitro groups is 1. The van der Waals surface area contributed by atoms with Crippen LogP contribution >= 0.6 is 11.3 Å². The summed E-state index contributed by atoms with van der Waals surface area (Å²) >= 11 is 1.17. The van der Waals surface area contributed by atoms with Gasteiger partial charge in [-0.2, -0.15) is 0 Å². The first-order valence-corrected chi connectivity index (χ1v) is 7.86. The largest absolute Gasteiger partial charge is 0.451 e. The van der Waals surface area contributed by atoms with Gasteiger partial charge in [0.2, 0.25) is 0 Å². The number of thiophene rings is 1. The van der Waals surface area contributed by atoms with Gasteiger partial charge in [-0.05, 0) is 25.5 Å². The number of rotatable bonds is 6. The molecule has 0 saturated carbocycles. The van der Waals surface area contributed by atoms with E-state index in [1.807, 2.05) is 13.8 Å². The Balaban J connectivity index is 2.03. The predicted molar refractivity (Wildman–Crippen MR) is 86.7 cm³/mol. The summed E-state index contributed by atoms with van der Waals surface area (Å²) in [5.41, 5.74) is -0.0388. The maximum atomic E-state index is 12.0. The summed E-state index contributed by atoms with van der Waals surface area (Å²) in [6, 6.07) is 5.92. The van der Waals surface area contributed by atoms with Crippen LogP contribution in [0.4, 0.5) is 5.69 Å². The lowest BCUT2D eigenvalue weighted by Crippen LogP contribution is -2.35. The van der Waals surface area contributed by atoms with Crippen molar-refractivity contribution in [3.05, 3.63) is 39.3 Å². The van der Waals surface area contributed by atoms with Crippen LogP contribution in [0.5, 0.6) is 0 Å². The quantitative estimate of drug-likeness (QED) is 0.497. The molecule has 2 aromatic rings. The van der Waals surface area contributed by atoms with Crippen LogP contribution in [-0.4, -0.2) is 29.4 Å². The van der Waals surface area contributed by atoms with Crippen molar-refractivity contribution >= 4 is 39.0 Å². The Hall–Kier alpha value is -2.48. The highest BCUT2D eigenvalue weighted by Gasteiger charge is 2.16. The van der Waals surface area contributed by atoms with Crippen molar-refractivity contribution in [2.45, 2.75) is 26.3 Å². The normalized spacial score (nSPS) is 11.9. The molecule has 122 valence electrons. The Bertz CT molecular complexity index is 755. The number of esters is 1. The average Bonchev–Trinajstić information content (AvgIpc) is 2.95. The number of nitrogens with one attached hydrogen (secondary N) is 1. The van der Waals surface area contributed by atoms with Crippen LogP contribution < -0.4 is 5.32 Å². The highest BCUT2D eigenvalue weighted by Crippen LogP contribution is 2.29. The lowest BCUT2D eigenvalue weighted by Gasteiger charge is -2.10. The second-order valence-electron chi connectivity index (χ2n) is 5.04. The van der Waals surface area contributed by atoms with Crippen LogP contribution in [0, 0.1) is 10.1 Å². The minimum absolute atomic E-state index is 0.0195. The summed E-state index contributed by atoms with van der Waals surface area (Å²) in [6.45, 7) is 3.45. The molecule has 8 heteroatoms. The average molecular weight is 336 g/mol. The number of fused-ring (bicyclic) bond motifs is 1. The van der Waals surface area contributed by atoms with Crippen molar-refractivity contribution in [3.8, 4) is 0 Å². The number of nitro benzene ring substituents is 1. The number of benzene rings is 1. The summed E-state index contributed by atoms with van der Waals surface area (Å²) in [5, 5.41) is 14.0. The third kappa shape index (κ3) is 4.26. The predicted octanol–water partition coefficient (Wildman–Crippen LogP) is 2.88. The fourth-order valence-corrected chi connectivity index (χ4v) is 2.80. The number of non-ortho nitro benzene ring substituents is 1. The zero-order valence-electron chi connectivity index (χ0n) is 12.7. The molecule has 1 N–H and O–H groups in total. The summed E-state index contributed by atoms with van der Waals surface area (Å²) in [7, 11) is 0. The van der Waals surface area contributed by atoms with Gasteiger partial charge in [-0.15, -0.1) is 11.3 Å². The fourth-order valence-electron chi connectivity index (χ4n) is 1.87. The van der Waals surface area contributed by atoms with Crippen LogP contribution in [0.3, 0.4) is 0 Å². The van der Waals surface area contributed by atoms with Crippen molar-refractivity contribution in [3.63, 3.8) is 0 Å². The standard InChI is InChI=1S/C15H16N2O5S/c1-3-9(2)16-14(18)8-22-15(19)13-7-10-6-11(17(20)21)4-5-12(10)23-13/h4-7,9H,3,8H2,1-2H3,(H,16,18)/t9-/m1/s1. The number of hydrogen-bond donors (Lipinski definition) is 1. The van der Waals surface area contributed by atoms with Gasteiger partial charge >= 0.3 is 5.97 Å². The van der Waals surface area contributed by atoms with E-state index in [1.54, 1.807) is 6.07 Å². The Morgan fingerprint density at radius 2 is 2.13 bits per heavy atom. The van der Waals surface area contributed by atoms with Crippen molar-refractivity contribution in [2.75, 3.05) is 6.61 Å². The number of ether oxygens (including phenoxy) is 1. The van der Waals surface area contributed by atoms with Crippen molar-refractivity contribution < 1.29 is 19.2 Å². The lowest BCUT2D eigenvalue weighted by atomic mass is 10.2. The van der Waals surface area contributed by atoms with E-state index in [1.165, 1.54) is 29.5 Å². The monoisotopic (exact) mass is 336 g/mol. The van der Waals surface area contributed by atoms with Gasteiger partial charge < -0.3 is 10.1 Å². The molecule has 0 aliphatic rings. The third-order valence-electron chi connectivity index (χ3n) is 3.27. The Labute approximate surface area is 136 Å². The van der Waals surface area contributed by atoms with Gasteiger partial charge in [0.05, 0.1) is 4.92 Å². The van der Waals surface area contributed by atoms with Crippen LogP contribution in [0.1, 0.15) is 29.9 Å². The van der Waals surface area contributed by atoms with Gasteiger partial charge in [0.25, 0.3) is 11.6 Å². The molecule has 0 unspecified atom stereocenters. The first-order chi connectivity index (χ1) is 10.9. The molecular formula is C15H16N2O5S. The highest BCUT2D eigenvalue weighted by atomic mass is 32.1. The molecule has 0 aliphatic carbocycles. The van der Waals surface area contributed by atoms with Gasteiger partial charge in [-0.25, -0.2) is 4.79 Å². The van der Waals surface area contributed by atoms with E-state index in [4.69, 9.17) is 4.74 Å². The Kier molecular flexibility index (Phi) is 5.28. The fraction of sp³-hybridized carbons (Fsp3) is 0.333. The minimum atomic E-state index is -0.617. The van der Waals surface area contributed by atoms with Gasteiger partial charge in [-0.3, -0.25) is 14.9 Å². The molecule has 0 bridgehead atoms. The second-order valence-corrected chi connectivity index (χ2v) is 6.13. The summed E-state index contributed by atoms with van der Waals surface area (Å²) < 4.78 is 5.71. The molecule has 1 aromatic carbocycles. The number of hydrogen-bond acceptors (Lipinski definition) is 6. The molecular weight excluding hydrogens is 320 g/mol. The molecule has 2 rings (SSSR count). The highest BCUT2D eigenvalue weighted by molar-refractivity contribution is 7.20. The molecule has 1 aromatic heterocycles. The number of amides is 1. The molecule has 7 nitrogen and oxygen atoms in total. The van der Waals surface area contributed by atoms with Crippen LogP contribution in [0.15, 0.2) is 24.3 Å². The van der Waals surface area contributed by atoms with Gasteiger partial charge in [0, 0.05) is 28.3 Å². The topological polar surface area (TPSA) is 98.5 Å². The van der Waals surface area contributed by atoms with E-state index in [2.05, 4.69) is 5.32 Å². The van der Waals surface area contributed by atoms with Crippen molar-refractivity contribution in [1.82, 2.24) is 5.32 Å². The molecule has 0 spiro atoms. The molecule has 0 aliphatic heterocycles. The third-order valence-corrected chi connectivity index (χ3v) is 4.36. The summed E-state index contributed by atoms with van der Waals surface area (Å²) in [6.07, 6.45) is 0.786. The second kappa shape index (κ2) is 7.19. The summed E-state index contributed by atoms with van der Waals surface area (Å²) in [5.74, 6) is -0.974. The molecule has 1 amide bonds. The van der Waals surface area contributed by atoms with Crippen molar-refractivity contribution in [2.24, 2.45) is 0 Å². The van der Waals surface area contributed by atoms with Crippen LogP contribution in [0.25, 0.3) is 10.1 Å². The van der Waals surface area contributed by atoms with Gasteiger partial charge in [-0.1, -0.05) is 6.92 Å². The molecule has 0 radical (unpaired) electrons. The molecule has 0 fully saturated rings. The maximum Gasteiger partial charge on any atom is 0.348 e. The first kappa shape index (κ1) is 16.9. The van der Waals surface area contributed by atoms with E-state index >= 15 is 0 Å². The number of carbonyl (C=O) groups excluding carboxylic acids is 2. The first-order valence-electron chi connectivity index (χ1n) is 7.05. The molecule has 23 heavy (non-hydrogen) atoms. The lowest BCUT2D eigenvalue weighted by molar-refractivity contribution is -0.384. The van der Waals surface area contributed by atoms with Gasteiger partial charge in [0.1, 0.15) is 4.88 Å².